The number of carbonyl (C=O) groups excluding carboxylic acids is 1. The number of carboxylic acid groups (broad SMARTS) is 1. The van der Waals surface area contributed by atoms with Crippen LogP contribution in [0.2, 0.25) is 0 Å². The van der Waals surface area contributed by atoms with Crippen molar-refractivity contribution in [2.75, 3.05) is 0 Å². The van der Waals surface area contributed by atoms with Gasteiger partial charge in [0, 0.05) is 6.20 Å². The Labute approximate surface area is 92.0 Å². The molecule has 1 atom stereocenters. The van der Waals surface area contributed by atoms with Crippen molar-refractivity contribution in [1.29, 1.82) is 0 Å². The fourth-order valence-electron chi connectivity index (χ4n) is 1.14. The van der Waals surface area contributed by atoms with Gasteiger partial charge in [0.2, 0.25) is 0 Å². The molecule has 0 aliphatic rings. The zero-order valence-corrected chi connectivity index (χ0v) is 8.71. The number of pyridine rings is 1. The molecule has 3 N–H and O–H groups in total. The van der Waals surface area contributed by atoms with Gasteiger partial charge in [0.05, 0.1) is 0 Å². The van der Waals surface area contributed by atoms with Gasteiger partial charge in [0.1, 0.15) is 0 Å². The maximum atomic E-state index is 10.9. The predicted octanol–water partition coefficient (Wildman–Crippen LogP) is 0.422. The van der Waals surface area contributed by atoms with Crippen LogP contribution >= 0.6 is 0 Å². The van der Waals surface area contributed by atoms with Crippen molar-refractivity contribution >= 4 is 11.9 Å². The van der Waals surface area contributed by atoms with E-state index in [9.17, 15) is 9.59 Å². The third kappa shape index (κ3) is 2.69. The molecule has 0 aliphatic heterocycles. The molecule has 1 aromatic rings. The van der Waals surface area contributed by atoms with E-state index in [1.165, 1.54) is 18.3 Å². The molecule has 1 rings (SSSR count). The van der Waals surface area contributed by atoms with E-state index in [1.807, 2.05) is 0 Å². The van der Waals surface area contributed by atoms with Crippen molar-refractivity contribution in [3.63, 3.8) is 0 Å². The largest absolute Gasteiger partial charge is 0.478 e. The standard InChI is InChI=1S/C10H12N2O4/c1-2-6(9(11)13)16-7-4-3-5-12-8(7)10(14)15/h3-6H,2H2,1H3,(H2,11,13)(H,14,15). The quantitative estimate of drug-likeness (QED) is 0.754. The third-order valence-corrected chi connectivity index (χ3v) is 1.93. The highest BCUT2D eigenvalue weighted by molar-refractivity contribution is 5.88. The number of carbonyl (C=O) groups is 2. The minimum atomic E-state index is -1.21. The number of nitrogens with zero attached hydrogens (tertiary/aromatic N) is 1. The van der Waals surface area contributed by atoms with Crippen LogP contribution in [-0.4, -0.2) is 28.1 Å². The van der Waals surface area contributed by atoms with Gasteiger partial charge >= 0.3 is 5.97 Å². The summed E-state index contributed by atoms with van der Waals surface area (Å²) < 4.78 is 5.20. The maximum absolute atomic E-state index is 10.9. The van der Waals surface area contributed by atoms with E-state index in [0.717, 1.165) is 0 Å². The normalized spacial score (nSPS) is 11.8. The lowest BCUT2D eigenvalue weighted by Gasteiger charge is -2.14. The number of aromatic nitrogens is 1. The Morgan fingerprint density at radius 2 is 2.31 bits per heavy atom. The molecule has 0 fully saturated rings. The van der Waals surface area contributed by atoms with Crippen molar-refractivity contribution in [2.24, 2.45) is 5.73 Å². The topological polar surface area (TPSA) is 103 Å². The first-order chi connectivity index (χ1) is 7.56. The van der Waals surface area contributed by atoms with E-state index in [4.69, 9.17) is 15.6 Å². The van der Waals surface area contributed by atoms with Gasteiger partial charge < -0.3 is 15.6 Å². The van der Waals surface area contributed by atoms with Gasteiger partial charge in [-0.05, 0) is 18.6 Å². The second-order valence-corrected chi connectivity index (χ2v) is 3.07. The van der Waals surface area contributed by atoms with Crippen molar-refractivity contribution in [1.82, 2.24) is 4.98 Å². The van der Waals surface area contributed by atoms with Crippen LogP contribution in [0.4, 0.5) is 0 Å². The Kier molecular flexibility index (Phi) is 3.82. The molecule has 1 aromatic heterocycles. The van der Waals surface area contributed by atoms with Crippen LogP contribution in [0.5, 0.6) is 5.75 Å². The highest BCUT2D eigenvalue weighted by Crippen LogP contribution is 2.17. The minimum absolute atomic E-state index is 0.0423. The molecule has 0 radical (unpaired) electrons. The highest BCUT2D eigenvalue weighted by atomic mass is 16.5. The summed E-state index contributed by atoms with van der Waals surface area (Å²) in [6, 6.07) is 2.96. The summed E-state index contributed by atoms with van der Waals surface area (Å²) in [5, 5.41) is 8.83. The van der Waals surface area contributed by atoms with E-state index in [0.29, 0.717) is 6.42 Å². The Bertz CT molecular complexity index is 406. The summed E-state index contributed by atoms with van der Waals surface area (Å²) in [4.78, 5) is 25.4. The van der Waals surface area contributed by atoms with Gasteiger partial charge in [-0.2, -0.15) is 0 Å². The lowest BCUT2D eigenvalue weighted by Crippen LogP contribution is -2.33. The summed E-state index contributed by atoms with van der Waals surface area (Å²) in [5.41, 5.74) is 4.86. The van der Waals surface area contributed by atoms with Crippen molar-refractivity contribution in [2.45, 2.75) is 19.4 Å². The Hall–Kier alpha value is -2.11. The van der Waals surface area contributed by atoms with Crippen molar-refractivity contribution in [3.8, 4) is 5.75 Å². The average molecular weight is 224 g/mol. The van der Waals surface area contributed by atoms with Crippen LogP contribution in [0.1, 0.15) is 23.8 Å². The zero-order chi connectivity index (χ0) is 12.1. The minimum Gasteiger partial charge on any atom is -0.478 e. The van der Waals surface area contributed by atoms with Crippen LogP contribution in [0.25, 0.3) is 0 Å². The molecule has 0 aliphatic carbocycles. The number of hydrogen-bond acceptors (Lipinski definition) is 4. The van der Waals surface area contributed by atoms with Crippen LogP contribution in [0.15, 0.2) is 18.3 Å². The number of primary amides is 1. The molecule has 1 unspecified atom stereocenters. The number of nitrogens with two attached hydrogens (primary N) is 1. The van der Waals surface area contributed by atoms with E-state index >= 15 is 0 Å². The van der Waals surface area contributed by atoms with Crippen molar-refractivity contribution in [3.05, 3.63) is 24.0 Å². The average Bonchev–Trinajstić information content (AvgIpc) is 2.25. The summed E-state index contributed by atoms with van der Waals surface area (Å²) in [5.74, 6) is -1.81. The molecule has 16 heavy (non-hydrogen) atoms. The molecular formula is C10H12N2O4. The monoisotopic (exact) mass is 224 g/mol. The second kappa shape index (κ2) is 5.11. The van der Waals surface area contributed by atoms with Gasteiger partial charge in [-0.25, -0.2) is 9.78 Å². The van der Waals surface area contributed by atoms with E-state index in [-0.39, 0.29) is 11.4 Å². The number of carboxylic acids is 1. The fraction of sp³-hybridized carbons (Fsp3) is 0.300. The van der Waals surface area contributed by atoms with E-state index in [2.05, 4.69) is 4.98 Å². The fourth-order valence-corrected chi connectivity index (χ4v) is 1.14. The first-order valence-electron chi connectivity index (χ1n) is 4.70. The Morgan fingerprint density at radius 1 is 1.62 bits per heavy atom. The molecule has 1 amide bonds. The molecule has 1 heterocycles. The highest BCUT2D eigenvalue weighted by Gasteiger charge is 2.19. The van der Waals surface area contributed by atoms with Gasteiger partial charge in [-0.15, -0.1) is 0 Å². The first kappa shape index (κ1) is 12.0. The number of amides is 1. The number of rotatable bonds is 5. The van der Waals surface area contributed by atoms with Crippen molar-refractivity contribution < 1.29 is 19.4 Å². The molecular weight excluding hydrogens is 212 g/mol. The number of ether oxygens (including phenoxy) is 1. The Balaban J connectivity index is 2.95. The van der Waals surface area contributed by atoms with E-state index in [1.54, 1.807) is 6.92 Å². The Morgan fingerprint density at radius 3 is 2.81 bits per heavy atom. The smallest absolute Gasteiger partial charge is 0.358 e. The lowest BCUT2D eigenvalue weighted by molar-refractivity contribution is -0.124. The number of aromatic carboxylic acids is 1. The molecule has 0 bridgehead atoms. The molecule has 0 spiro atoms. The first-order valence-corrected chi connectivity index (χ1v) is 4.70. The van der Waals surface area contributed by atoms with Crippen LogP contribution in [0, 0.1) is 0 Å². The van der Waals surface area contributed by atoms with Gasteiger partial charge in [0.25, 0.3) is 5.91 Å². The predicted molar refractivity (Wildman–Crippen MR) is 55.1 cm³/mol. The molecule has 0 saturated carbocycles. The maximum Gasteiger partial charge on any atom is 0.358 e. The molecule has 6 heteroatoms. The molecule has 6 nitrogen and oxygen atoms in total. The van der Waals surface area contributed by atoms with Crippen LogP contribution < -0.4 is 10.5 Å². The molecule has 86 valence electrons. The molecule has 0 saturated heterocycles. The van der Waals surface area contributed by atoms with Gasteiger partial charge in [0.15, 0.2) is 17.5 Å². The summed E-state index contributed by atoms with van der Waals surface area (Å²) >= 11 is 0. The second-order valence-electron chi connectivity index (χ2n) is 3.07. The summed E-state index contributed by atoms with van der Waals surface area (Å²) in [6.07, 6.45) is 0.854. The van der Waals surface area contributed by atoms with Crippen LogP contribution in [-0.2, 0) is 4.79 Å². The van der Waals surface area contributed by atoms with E-state index < -0.39 is 18.0 Å². The third-order valence-electron chi connectivity index (χ3n) is 1.93. The lowest BCUT2D eigenvalue weighted by atomic mass is 10.2. The summed E-state index contributed by atoms with van der Waals surface area (Å²) in [6.45, 7) is 1.71. The SMILES string of the molecule is CCC(Oc1cccnc1C(=O)O)C(N)=O. The number of hydrogen-bond donors (Lipinski definition) is 2. The molecule has 0 aromatic carbocycles. The van der Waals surface area contributed by atoms with Gasteiger partial charge in [-0.3, -0.25) is 4.79 Å². The summed E-state index contributed by atoms with van der Waals surface area (Å²) in [7, 11) is 0. The zero-order valence-electron chi connectivity index (χ0n) is 8.71. The van der Waals surface area contributed by atoms with Gasteiger partial charge in [-0.1, -0.05) is 6.92 Å². The van der Waals surface area contributed by atoms with Crippen LogP contribution in [0.3, 0.4) is 0 Å².